The fourth-order valence-electron chi connectivity index (χ4n) is 4.11. The maximum Gasteiger partial charge on any atom is 0.145 e. The molecule has 0 unspecified atom stereocenters. The quantitative estimate of drug-likeness (QED) is 0.527. The van der Waals surface area contributed by atoms with Crippen LogP contribution in [0.5, 0.6) is 5.75 Å². The van der Waals surface area contributed by atoms with E-state index < -0.39 is 6.10 Å². The van der Waals surface area contributed by atoms with E-state index >= 15 is 0 Å². The van der Waals surface area contributed by atoms with Crippen LogP contribution in [0.1, 0.15) is 17.2 Å². The first-order valence-corrected chi connectivity index (χ1v) is 9.75. The molecule has 150 valence electrons. The predicted molar refractivity (Wildman–Crippen MR) is 114 cm³/mol. The van der Waals surface area contributed by atoms with Gasteiger partial charge < -0.3 is 15.2 Å². The average molecular weight is 401 g/mol. The van der Waals surface area contributed by atoms with E-state index in [2.05, 4.69) is 15.3 Å². The third-order valence-corrected chi connectivity index (χ3v) is 5.60. The van der Waals surface area contributed by atoms with Crippen LogP contribution in [0, 0.1) is 5.82 Å². The lowest BCUT2D eigenvalue weighted by atomic mass is 10.0. The number of aliphatic hydroxyl groups excluding tert-OH is 1. The van der Waals surface area contributed by atoms with Crippen molar-refractivity contribution < 1.29 is 14.2 Å². The maximum absolute atomic E-state index is 13.4. The molecule has 2 atom stereocenters. The molecular formula is C24H20FN3O2. The zero-order valence-electron chi connectivity index (χ0n) is 16.3. The summed E-state index contributed by atoms with van der Waals surface area (Å²) in [7, 11) is 1.59. The topological polar surface area (TPSA) is 67.3 Å². The number of hydrogen-bond acceptors (Lipinski definition) is 5. The largest absolute Gasteiger partial charge is 0.494 e. The second kappa shape index (κ2) is 7.39. The molecule has 5 nitrogen and oxygen atoms in total. The lowest BCUT2D eigenvalue weighted by Crippen LogP contribution is -2.21. The Morgan fingerprint density at radius 1 is 1.03 bits per heavy atom. The Bertz CT molecular complexity index is 1230. The number of benzene rings is 3. The molecule has 0 saturated heterocycles. The molecule has 1 aliphatic rings. The number of hydrogen-bond donors (Lipinski definition) is 2. The van der Waals surface area contributed by atoms with E-state index in [0.717, 1.165) is 27.6 Å². The van der Waals surface area contributed by atoms with Gasteiger partial charge in [-0.15, -0.1) is 0 Å². The Balaban J connectivity index is 1.62. The Morgan fingerprint density at radius 2 is 1.83 bits per heavy atom. The SMILES string of the molecule is COc1cc(-c2ccc(F)cc2)cc2c(N[C@H]3c4ccccc4C[C@H]3O)ncnc12. The number of ether oxygens (including phenoxy) is 1. The van der Waals surface area contributed by atoms with Crippen molar-refractivity contribution >= 4 is 16.7 Å². The van der Waals surface area contributed by atoms with Crippen LogP contribution in [0.2, 0.25) is 0 Å². The number of nitrogens with zero attached hydrogens (tertiary/aromatic N) is 2. The summed E-state index contributed by atoms with van der Waals surface area (Å²) in [6.45, 7) is 0. The molecule has 6 heteroatoms. The highest BCUT2D eigenvalue weighted by Gasteiger charge is 2.31. The maximum atomic E-state index is 13.4. The smallest absolute Gasteiger partial charge is 0.145 e. The predicted octanol–water partition coefficient (Wildman–Crippen LogP) is 4.51. The molecule has 3 aromatic carbocycles. The molecule has 2 N–H and O–H groups in total. The molecule has 1 aliphatic carbocycles. The summed E-state index contributed by atoms with van der Waals surface area (Å²) in [5.41, 5.74) is 4.59. The molecule has 4 aromatic rings. The summed E-state index contributed by atoms with van der Waals surface area (Å²) in [4.78, 5) is 8.85. The van der Waals surface area contributed by atoms with Gasteiger partial charge in [0.05, 0.1) is 19.3 Å². The summed E-state index contributed by atoms with van der Waals surface area (Å²) >= 11 is 0. The average Bonchev–Trinajstić information content (AvgIpc) is 3.09. The van der Waals surface area contributed by atoms with E-state index in [1.807, 2.05) is 36.4 Å². The van der Waals surface area contributed by atoms with Gasteiger partial charge in [-0.05, 0) is 46.5 Å². The Morgan fingerprint density at radius 3 is 2.63 bits per heavy atom. The number of methoxy groups -OCH3 is 1. The van der Waals surface area contributed by atoms with Gasteiger partial charge in [0.25, 0.3) is 0 Å². The molecule has 0 bridgehead atoms. The zero-order valence-corrected chi connectivity index (χ0v) is 16.3. The molecule has 30 heavy (non-hydrogen) atoms. The number of aliphatic hydroxyl groups is 1. The minimum absolute atomic E-state index is 0.264. The molecule has 0 aliphatic heterocycles. The number of rotatable bonds is 4. The van der Waals surface area contributed by atoms with Crippen molar-refractivity contribution in [1.29, 1.82) is 0 Å². The van der Waals surface area contributed by atoms with E-state index in [1.165, 1.54) is 18.5 Å². The van der Waals surface area contributed by atoms with Gasteiger partial charge in [0.2, 0.25) is 0 Å². The zero-order chi connectivity index (χ0) is 20.7. The van der Waals surface area contributed by atoms with E-state index in [4.69, 9.17) is 4.74 Å². The molecule has 5 rings (SSSR count). The number of aromatic nitrogens is 2. The Hall–Kier alpha value is -3.51. The van der Waals surface area contributed by atoms with Gasteiger partial charge in [0.1, 0.15) is 29.2 Å². The van der Waals surface area contributed by atoms with Gasteiger partial charge in [0, 0.05) is 11.8 Å². The number of anilines is 1. The number of fused-ring (bicyclic) bond motifs is 2. The molecule has 1 aromatic heterocycles. The van der Waals surface area contributed by atoms with Crippen LogP contribution in [0.25, 0.3) is 22.0 Å². The van der Waals surface area contributed by atoms with Gasteiger partial charge in [-0.3, -0.25) is 0 Å². The van der Waals surface area contributed by atoms with Crippen molar-refractivity contribution in [3.8, 4) is 16.9 Å². The minimum Gasteiger partial charge on any atom is -0.494 e. The highest BCUT2D eigenvalue weighted by atomic mass is 19.1. The van der Waals surface area contributed by atoms with Crippen LogP contribution < -0.4 is 10.1 Å². The fraction of sp³-hybridized carbons (Fsp3) is 0.167. The van der Waals surface area contributed by atoms with E-state index in [-0.39, 0.29) is 11.9 Å². The summed E-state index contributed by atoms with van der Waals surface area (Å²) in [5, 5.41) is 14.8. The van der Waals surface area contributed by atoms with Gasteiger partial charge in [-0.1, -0.05) is 36.4 Å². The molecule has 0 saturated carbocycles. The van der Waals surface area contributed by atoms with Crippen molar-refractivity contribution in [2.24, 2.45) is 0 Å². The number of nitrogens with one attached hydrogen (secondary N) is 1. The van der Waals surface area contributed by atoms with Crippen LogP contribution in [-0.2, 0) is 6.42 Å². The highest BCUT2D eigenvalue weighted by molar-refractivity contribution is 5.96. The summed E-state index contributed by atoms with van der Waals surface area (Å²) in [5.74, 6) is 0.929. The first-order valence-electron chi connectivity index (χ1n) is 9.75. The van der Waals surface area contributed by atoms with Crippen molar-refractivity contribution in [2.45, 2.75) is 18.6 Å². The van der Waals surface area contributed by atoms with Gasteiger partial charge in [0.15, 0.2) is 0 Å². The first-order chi connectivity index (χ1) is 14.6. The molecule has 0 amide bonds. The van der Waals surface area contributed by atoms with E-state index in [9.17, 15) is 9.50 Å². The van der Waals surface area contributed by atoms with Crippen molar-refractivity contribution in [2.75, 3.05) is 12.4 Å². The van der Waals surface area contributed by atoms with Gasteiger partial charge >= 0.3 is 0 Å². The summed E-state index contributed by atoms with van der Waals surface area (Å²) in [6.07, 6.45) is 1.54. The van der Waals surface area contributed by atoms with E-state index in [0.29, 0.717) is 23.5 Å². The lowest BCUT2D eigenvalue weighted by molar-refractivity contribution is 0.165. The first kappa shape index (κ1) is 18.5. The van der Waals surface area contributed by atoms with Crippen LogP contribution in [0.3, 0.4) is 0 Å². The molecule has 1 heterocycles. The Labute approximate surface area is 173 Å². The Kier molecular flexibility index (Phi) is 4.56. The molecule has 0 spiro atoms. The second-order valence-electron chi connectivity index (χ2n) is 7.40. The normalized spacial score (nSPS) is 17.7. The van der Waals surface area contributed by atoms with Crippen LogP contribution in [-0.4, -0.2) is 28.3 Å². The second-order valence-corrected chi connectivity index (χ2v) is 7.40. The van der Waals surface area contributed by atoms with E-state index in [1.54, 1.807) is 19.2 Å². The van der Waals surface area contributed by atoms with Crippen molar-refractivity contribution in [1.82, 2.24) is 9.97 Å². The molecule has 0 fully saturated rings. The highest BCUT2D eigenvalue weighted by Crippen LogP contribution is 2.38. The van der Waals surface area contributed by atoms with Crippen LogP contribution in [0.15, 0.2) is 67.0 Å². The summed E-state index contributed by atoms with van der Waals surface area (Å²) < 4.78 is 18.9. The van der Waals surface area contributed by atoms with Crippen molar-refractivity contribution in [3.63, 3.8) is 0 Å². The van der Waals surface area contributed by atoms with Gasteiger partial charge in [-0.2, -0.15) is 0 Å². The van der Waals surface area contributed by atoms with Crippen LogP contribution in [0.4, 0.5) is 10.2 Å². The lowest BCUT2D eigenvalue weighted by Gasteiger charge is -2.20. The minimum atomic E-state index is -0.547. The van der Waals surface area contributed by atoms with Crippen molar-refractivity contribution in [3.05, 3.63) is 83.9 Å². The number of halogens is 1. The monoisotopic (exact) mass is 401 g/mol. The molecular weight excluding hydrogens is 381 g/mol. The third kappa shape index (κ3) is 3.15. The van der Waals surface area contributed by atoms with Gasteiger partial charge in [-0.25, -0.2) is 14.4 Å². The summed E-state index contributed by atoms with van der Waals surface area (Å²) in [6, 6.07) is 17.9. The fourth-order valence-corrected chi connectivity index (χ4v) is 4.11. The molecule has 0 radical (unpaired) electrons. The standard InChI is InChI=1S/C24H20FN3O2/c1-30-21-12-16(14-6-8-17(25)9-7-14)10-19-23(21)26-13-27-24(19)28-22-18-5-3-2-4-15(18)11-20(22)29/h2-10,12-13,20,22,29H,11H2,1H3,(H,26,27,28)/t20-,22+/m1/s1. The van der Waals surface area contributed by atoms with Crippen LogP contribution >= 0.6 is 0 Å². The third-order valence-electron chi connectivity index (χ3n) is 5.60.